The van der Waals surface area contributed by atoms with Crippen molar-refractivity contribution in [3.63, 3.8) is 0 Å². The van der Waals surface area contributed by atoms with Crippen molar-refractivity contribution in [3.8, 4) is 0 Å². The van der Waals surface area contributed by atoms with E-state index in [0.717, 1.165) is 18.4 Å². The van der Waals surface area contributed by atoms with E-state index in [2.05, 4.69) is 12.2 Å². The molecule has 0 saturated carbocycles. The fourth-order valence-corrected chi connectivity index (χ4v) is 2.07. The molecule has 1 aromatic carbocycles. The second-order valence-electron chi connectivity index (χ2n) is 4.91. The molecule has 1 atom stereocenters. The highest BCUT2D eigenvalue weighted by Gasteiger charge is 2.14. The number of benzene rings is 1. The summed E-state index contributed by atoms with van der Waals surface area (Å²) in [5.41, 5.74) is 7.94. The van der Waals surface area contributed by atoms with Gasteiger partial charge in [-0.1, -0.05) is 38.3 Å². The summed E-state index contributed by atoms with van der Waals surface area (Å²) in [5, 5.41) is 3.02. The number of amides is 1. The van der Waals surface area contributed by atoms with Crippen molar-refractivity contribution < 1.29 is 4.79 Å². The van der Waals surface area contributed by atoms with Crippen LogP contribution in [-0.2, 0) is 0 Å². The van der Waals surface area contributed by atoms with Crippen LogP contribution in [0.15, 0.2) is 18.2 Å². The average Bonchev–Trinajstić information content (AvgIpc) is 2.29. The number of nitrogens with two attached hydrogens (primary N) is 1. The largest absolute Gasteiger partial charge is 0.398 e. The van der Waals surface area contributed by atoms with Crippen molar-refractivity contribution in [2.45, 2.75) is 52.5 Å². The van der Waals surface area contributed by atoms with Crippen molar-refractivity contribution in [1.82, 2.24) is 5.32 Å². The standard InChI is InChI=1S/C15H24N2O/c1-4-5-6-9-12(3)17-15(18)14-11(2)8-7-10-13(14)16/h7-8,10,12H,4-6,9,16H2,1-3H3,(H,17,18). The summed E-state index contributed by atoms with van der Waals surface area (Å²) in [7, 11) is 0. The van der Waals surface area contributed by atoms with Crippen LogP contribution in [0.2, 0.25) is 0 Å². The van der Waals surface area contributed by atoms with Gasteiger partial charge in [-0.3, -0.25) is 4.79 Å². The highest BCUT2D eigenvalue weighted by molar-refractivity contribution is 6.00. The number of unbranched alkanes of at least 4 members (excludes halogenated alkanes) is 2. The molecule has 0 bridgehead atoms. The van der Waals surface area contributed by atoms with Crippen molar-refractivity contribution in [2.75, 3.05) is 5.73 Å². The van der Waals surface area contributed by atoms with Gasteiger partial charge >= 0.3 is 0 Å². The summed E-state index contributed by atoms with van der Waals surface area (Å²) >= 11 is 0. The van der Waals surface area contributed by atoms with E-state index in [-0.39, 0.29) is 11.9 Å². The summed E-state index contributed by atoms with van der Waals surface area (Å²) in [6.07, 6.45) is 4.59. The molecule has 1 amide bonds. The Hall–Kier alpha value is -1.51. The van der Waals surface area contributed by atoms with Crippen LogP contribution in [0.1, 0.15) is 55.5 Å². The van der Waals surface area contributed by atoms with Crippen LogP contribution in [0.5, 0.6) is 0 Å². The van der Waals surface area contributed by atoms with E-state index in [9.17, 15) is 4.79 Å². The number of nitrogen functional groups attached to an aromatic ring is 1. The topological polar surface area (TPSA) is 55.1 Å². The number of hydrogen-bond donors (Lipinski definition) is 2. The zero-order valence-corrected chi connectivity index (χ0v) is 11.6. The number of carbonyl (C=O) groups excluding carboxylic acids is 1. The van der Waals surface area contributed by atoms with Gasteiger partial charge in [0.05, 0.1) is 5.56 Å². The molecule has 18 heavy (non-hydrogen) atoms. The summed E-state index contributed by atoms with van der Waals surface area (Å²) in [5.74, 6) is -0.0606. The lowest BCUT2D eigenvalue weighted by Crippen LogP contribution is -2.33. The van der Waals surface area contributed by atoms with Crippen LogP contribution >= 0.6 is 0 Å². The van der Waals surface area contributed by atoms with Crippen LogP contribution < -0.4 is 11.1 Å². The fourth-order valence-electron chi connectivity index (χ4n) is 2.07. The van der Waals surface area contributed by atoms with Gasteiger partial charge < -0.3 is 11.1 Å². The Morgan fingerprint density at radius 3 is 2.72 bits per heavy atom. The van der Waals surface area contributed by atoms with Crippen molar-refractivity contribution in [3.05, 3.63) is 29.3 Å². The fraction of sp³-hybridized carbons (Fsp3) is 0.533. The average molecular weight is 248 g/mol. The van der Waals surface area contributed by atoms with E-state index in [4.69, 9.17) is 5.73 Å². The Balaban J connectivity index is 2.60. The SMILES string of the molecule is CCCCCC(C)NC(=O)c1c(C)cccc1N. The molecular weight excluding hydrogens is 224 g/mol. The van der Waals surface area contributed by atoms with E-state index in [0.29, 0.717) is 11.3 Å². The predicted molar refractivity (Wildman–Crippen MR) is 76.7 cm³/mol. The van der Waals surface area contributed by atoms with E-state index in [1.807, 2.05) is 26.0 Å². The first-order valence-corrected chi connectivity index (χ1v) is 6.72. The van der Waals surface area contributed by atoms with Crippen LogP contribution in [-0.4, -0.2) is 11.9 Å². The molecule has 0 aromatic heterocycles. The third kappa shape index (κ3) is 4.06. The van der Waals surface area contributed by atoms with E-state index in [1.54, 1.807) is 6.07 Å². The molecule has 0 radical (unpaired) electrons. The van der Waals surface area contributed by atoms with Crippen LogP contribution in [0.25, 0.3) is 0 Å². The highest BCUT2D eigenvalue weighted by atomic mass is 16.1. The minimum Gasteiger partial charge on any atom is -0.398 e. The van der Waals surface area contributed by atoms with Crippen molar-refractivity contribution in [2.24, 2.45) is 0 Å². The van der Waals surface area contributed by atoms with E-state index >= 15 is 0 Å². The number of nitrogens with one attached hydrogen (secondary N) is 1. The third-order valence-corrected chi connectivity index (χ3v) is 3.15. The Morgan fingerprint density at radius 1 is 1.39 bits per heavy atom. The van der Waals surface area contributed by atoms with Crippen molar-refractivity contribution in [1.29, 1.82) is 0 Å². The lowest BCUT2D eigenvalue weighted by Gasteiger charge is -2.15. The van der Waals surface area contributed by atoms with Crippen LogP contribution in [0.3, 0.4) is 0 Å². The van der Waals surface area contributed by atoms with Gasteiger partial charge in [0.15, 0.2) is 0 Å². The maximum absolute atomic E-state index is 12.1. The lowest BCUT2D eigenvalue weighted by atomic mass is 10.0. The number of carbonyl (C=O) groups is 1. The molecule has 0 aliphatic carbocycles. The normalized spacial score (nSPS) is 12.2. The minimum absolute atomic E-state index is 0.0606. The number of rotatable bonds is 6. The second-order valence-corrected chi connectivity index (χ2v) is 4.91. The van der Waals surface area contributed by atoms with Gasteiger partial charge in [0.2, 0.25) is 0 Å². The molecule has 0 spiro atoms. The Kier molecular flexibility index (Phi) is 5.69. The van der Waals surface area contributed by atoms with Gasteiger partial charge in [-0.25, -0.2) is 0 Å². The molecule has 1 aromatic rings. The Bertz CT molecular complexity index is 381. The van der Waals surface area contributed by atoms with Crippen LogP contribution in [0, 0.1) is 6.92 Å². The molecule has 3 heteroatoms. The minimum atomic E-state index is -0.0606. The van der Waals surface area contributed by atoms with Crippen LogP contribution in [0.4, 0.5) is 5.69 Å². The smallest absolute Gasteiger partial charge is 0.253 e. The molecule has 1 unspecified atom stereocenters. The molecule has 0 aliphatic rings. The van der Waals surface area contributed by atoms with Gasteiger partial charge in [-0.2, -0.15) is 0 Å². The zero-order valence-electron chi connectivity index (χ0n) is 11.6. The molecule has 1 rings (SSSR count). The summed E-state index contributed by atoms with van der Waals surface area (Å²) in [6.45, 7) is 6.13. The molecule has 3 nitrogen and oxygen atoms in total. The molecule has 0 fully saturated rings. The Labute approximate surface area is 110 Å². The molecule has 3 N–H and O–H groups in total. The number of aryl methyl sites for hydroxylation is 1. The third-order valence-electron chi connectivity index (χ3n) is 3.15. The summed E-state index contributed by atoms with van der Waals surface area (Å²) < 4.78 is 0. The predicted octanol–water partition coefficient (Wildman–Crippen LogP) is 3.28. The van der Waals surface area contributed by atoms with E-state index in [1.165, 1.54) is 12.8 Å². The second kappa shape index (κ2) is 7.04. The van der Waals surface area contributed by atoms with Gasteiger partial charge in [0.25, 0.3) is 5.91 Å². The quantitative estimate of drug-likeness (QED) is 0.599. The molecule has 0 saturated heterocycles. The maximum atomic E-state index is 12.1. The van der Waals surface area contributed by atoms with Gasteiger partial charge in [-0.05, 0) is 31.9 Å². The van der Waals surface area contributed by atoms with E-state index < -0.39 is 0 Å². The summed E-state index contributed by atoms with van der Waals surface area (Å²) in [6, 6.07) is 5.74. The molecule has 0 heterocycles. The number of anilines is 1. The first kappa shape index (κ1) is 14.6. The lowest BCUT2D eigenvalue weighted by molar-refractivity contribution is 0.0938. The Morgan fingerprint density at radius 2 is 2.11 bits per heavy atom. The van der Waals surface area contributed by atoms with Gasteiger partial charge in [0, 0.05) is 11.7 Å². The molecule has 0 aliphatic heterocycles. The monoisotopic (exact) mass is 248 g/mol. The zero-order chi connectivity index (χ0) is 13.5. The number of hydrogen-bond acceptors (Lipinski definition) is 2. The highest BCUT2D eigenvalue weighted by Crippen LogP contribution is 2.16. The van der Waals surface area contributed by atoms with Gasteiger partial charge in [0.1, 0.15) is 0 Å². The maximum Gasteiger partial charge on any atom is 0.253 e. The first-order chi connectivity index (χ1) is 8.56. The van der Waals surface area contributed by atoms with Crippen molar-refractivity contribution >= 4 is 11.6 Å². The summed E-state index contributed by atoms with van der Waals surface area (Å²) in [4.78, 5) is 12.1. The molecular formula is C15H24N2O. The first-order valence-electron chi connectivity index (χ1n) is 6.72. The van der Waals surface area contributed by atoms with Gasteiger partial charge in [-0.15, -0.1) is 0 Å². The molecule has 100 valence electrons.